The molecule has 1 heterocycles. The molecule has 1 aliphatic heterocycles. The number of halogens is 1. The second-order valence-corrected chi connectivity index (χ2v) is 6.46. The van der Waals surface area contributed by atoms with Gasteiger partial charge in [0.1, 0.15) is 6.10 Å². The van der Waals surface area contributed by atoms with E-state index in [4.69, 9.17) is 4.74 Å². The number of hydrogen-bond donors (Lipinski definition) is 0. The zero-order valence-corrected chi connectivity index (χ0v) is 12.4. The lowest BCUT2D eigenvalue weighted by molar-refractivity contribution is -0.252. The van der Waals surface area contributed by atoms with Crippen LogP contribution in [0.5, 0.6) is 0 Å². The minimum atomic E-state index is -0.634. The number of nitrogens with zero attached hydrogens (tertiary/aromatic N) is 1. The summed E-state index contributed by atoms with van der Waals surface area (Å²) in [5.41, 5.74) is -1.09. The van der Waals surface area contributed by atoms with E-state index in [1.54, 1.807) is 0 Å². The minimum Gasteiger partial charge on any atom is -0.460 e. The van der Waals surface area contributed by atoms with Gasteiger partial charge in [0.15, 0.2) is 0 Å². The van der Waals surface area contributed by atoms with Gasteiger partial charge in [0.05, 0.1) is 12.0 Å². The molecule has 16 heavy (non-hydrogen) atoms. The summed E-state index contributed by atoms with van der Waals surface area (Å²) in [4.78, 5) is 11.5. The molecule has 1 atom stereocenters. The Balaban J connectivity index is 2.72. The van der Waals surface area contributed by atoms with E-state index in [2.05, 4.69) is 22.6 Å². The zero-order valence-electron chi connectivity index (χ0n) is 10.2. The van der Waals surface area contributed by atoms with Gasteiger partial charge in [-0.25, -0.2) is 0 Å². The Morgan fingerprint density at radius 3 is 2.38 bits per heavy atom. The Labute approximate surface area is 110 Å². The van der Waals surface area contributed by atoms with Gasteiger partial charge in [0.25, 0.3) is 0 Å². The predicted octanol–water partition coefficient (Wildman–Crippen LogP) is 2.33. The number of carbonyl (C=O) groups excluding carboxylic acids is 1. The molecule has 0 amide bonds. The van der Waals surface area contributed by atoms with Crippen molar-refractivity contribution in [2.45, 2.75) is 57.7 Å². The van der Waals surface area contributed by atoms with Crippen LogP contribution < -0.4 is 0 Å². The van der Waals surface area contributed by atoms with Crippen LogP contribution in [0.3, 0.4) is 0 Å². The predicted molar refractivity (Wildman–Crippen MR) is 68.7 cm³/mol. The van der Waals surface area contributed by atoms with Crippen molar-refractivity contribution in [3.63, 3.8) is 0 Å². The first-order valence-corrected chi connectivity index (χ1v) is 6.97. The lowest BCUT2D eigenvalue weighted by atomic mass is 9.97. The van der Waals surface area contributed by atoms with Gasteiger partial charge in [-0.05, 0) is 27.7 Å². The monoisotopic (exact) mass is 340 g/mol. The Hall–Kier alpha value is 0.120. The molecule has 1 radical (unpaired) electrons. The molecule has 4 nitrogen and oxygen atoms in total. The van der Waals surface area contributed by atoms with Gasteiger partial charge in [0.2, 0.25) is 0 Å². The molecule has 0 aromatic heterocycles. The molecular weight excluding hydrogens is 321 g/mol. The van der Waals surface area contributed by atoms with Crippen LogP contribution in [-0.4, -0.2) is 32.6 Å². The van der Waals surface area contributed by atoms with Gasteiger partial charge >= 0.3 is 5.97 Å². The standard InChI is InChI=1S/C11H19INO3/c1-10(2)7-8(11(3,4)13(10)15)16-9(14)5-6-12/h8H,5-7H2,1-4H3. The number of carbonyl (C=O) groups is 1. The van der Waals surface area contributed by atoms with Gasteiger partial charge in [0, 0.05) is 16.4 Å². The van der Waals surface area contributed by atoms with E-state index in [0.29, 0.717) is 12.8 Å². The van der Waals surface area contributed by atoms with E-state index in [-0.39, 0.29) is 12.1 Å². The first-order chi connectivity index (χ1) is 7.21. The molecule has 0 aliphatic carbocycles. The Morgan fingerprint density at radius 2 is 2.00 bits per heavy atom. The summed E-state index contributed by atoms with van der Waals surface area (Å²) in [5.74, 6) is -0.210. The largest absolute Gasteiger partial charge is 0.460 e. The smallest absolute Gasteiger partial charge is 0.306 e. The second-order valence-electron chi connectivity index (χ2n) is 5.38. The fraction of sp³-hybridized carbons (Fsp3) is 0.909. The van der Waals surface area contributed by atoms with Crippen LogP contribution in [0.4, 0.5) is 0 Å². The molecule has 1 unspecified atom stereocenters. The third-order valence-electron chi connectivity index (χ3n) is 3.12. The number of rotatable bonds is 3. The van der Waals surface area contributed by atoms with Crippen LogP contribution in [0.1, 0.15) is 40.5 Å². The van der Waals surface area contributed by atoms with Crippen molar-refractivity contribution in [2.75, 3.05) is 4.43 Å². The number of alkyl halides is 1. The fourth-order valence-electron chi connectivity index (χ4n) is 2.18. The third-order valence-corrected chi connectivity index (χ3v) is 3.66. The normalized spacial score (nSPS) is 28.0. The van der Waals surface area contributed by atoms with Crippen LogP contribution in [0, 0.1) is 0 Å². The van der Waals surface area contributed by atoms with Crippen LogP contribution in [-0.2, 0) is 14.7 Å². The summed E-state index contributed by atoms with van der Waals surface area (Å²) < 4.78 is 6.13. The molecule has 0 bridgehead atoms. The first-order valence-electron chi connectivity index (χ1n) is 5.45. The summed E-state index contributed by atoms with van der Waals surface area (Å²) in [7, 11) is 0. The molecule has 1 fully saturated rings. The third kappa shape index (κ3) is 2.68. The molecule has 0 saturated carbocycles. The lowest BCUT2D eigenvalue weighted by Gasteiger charge is -2.32. The van der Waals surface area contributed by atoms with Gasteiger partial charge in [-0.15, -0.1) is 10.3 Å². The van der Waals surface area contributed by atoms with Crippen molar-refractivity contribution < 1.29 is 14.7 Å². The van der Waals surface area contributed by atoms with Crippen molar-refractivity contribution in [1.82, 2.24) is 5.06 Å². The Morgan fingerprint density at radius 1 is 1.44 bits per heavy atom. The summed E-state index contributed by atoms with van der Waals surface area (Å²) in [5, 5.41) is 13.1. The molecule has 0 aromatic rings. The van der Waals surface area contributed by atoms with Crippen LogP contribution in [0.15, 0.2) is 0 Å². The number of hydroxylamine groups is 2. The van der Waals surface area contributed by atoms with E-state index in [9.17, 15) is 10.0 Å². The van der Waals surface area contributed by atoms with Crippen LogP contribution in [0.2, 0.25) is 0 Å². The number of esters is 1. The van der Waals surface area contributed by atoms with Crippen molar-refractivity contribution in [1.29, 1.82) is 0 Å². The van der Waals surface area contributed by atoms with E-state index in [1.165, 1.54) is 0 Å². The van der Waals surface area contributed by atoms with Crippen molar-refractivity contribution >= 4 is 28.6 Å². The molecule has 1 rings (SSSR count). The van der Waals surface area contributed by atoms with Gasteiger partial charge in [-0.2, -0.15) is 0 Å². The van der Waals surface area contributed by atoms with Crippen molar-refractivity contribution in [3.05, 3.63) is 0 Å². The highest BCUT2D eigenvalue weighted by Gasteiger charge is 2.54. The maximum Gasteiger partial charge on any atom is 0.306 e. The summed E-state index contributed by atoms with van der Waals surface area (Å²) in [6, 6.07) is 0. The number of hydrogen-bond acceptors (Lipinski definition) is 3. The van der Waals surface area contributed by atoms with Crippen LogP contribution in [0.25, 0.3) is 0 Å². The van der Waals surface area contributed by atoms with E-state index < -0.39 is 11.1 Å². The maximum absolute atomic E-state index is 12.0. The first kappa shape index (κ1) is 14.2. The summed E-state index contributed by atoms with van der Waals surface area (Å²) in [6.07, 6.45) is 0.693. The van der Waals surface area contributed by atoms with Crippen LogP contribution >= 0.6 is 22.6 Å². The van der Waals surface area contributed by atoms with E-state index >= 15 is 0 Å². The van der Waals surface area contributed by atoms with Crippen molar-refractivity contribution in [2.24, 2.45) is 0 Å². The summed E-state index contributed by atoms with van der Waals surface area (Å²) >= 11 is 2.14. The summed E-state index contributed by atoms with van der Waals surface area (Å²) in [6.45, 7) is 7.43. The molecule has 0 spiro atoms. The molecular formula is C11H19INO3. The second kappa shape index (κ2) is 4.78. The Bertz CT molecular complexity index is 278. The SMILES string of the molecule is CC1(C)CC(OC(=O)CCI)C(C)(C)N1[O]. The topological polar surface area (TPSA) is 49.4 Å². The zero-order chi connectivity index (χ0) is 12.6. The Kier molecular flexibility index (Phi) is 4.23. The van der Waals surface area contributed by atoms with E-state index in [1.807, 2.05) is 27.7 Å². The van der Waals surface area contributed by atoms with E-state index in [0.717, 1.165) is 9.49 Å². The number of ether oxygens (including phenoxy) is 1. The average Bonchev–Trinajstić information content (AvgIpc) is 2.28. The van der Waals surface area contributed by atoms with Gasteiger partial charge in [-0.3, -0.25) is 4.79 Å². The highest BCUT2D eigenvalue weighted by molar-refractivity contribution is 14.1. The van der Waals surface area contributed by atoms with Gasteiger partial charge in [-0.1, -0.05) is 22.6 Å². The van der Waals surface area contributed by atoms with Crippen molar-refractivity contribution in [3.8, 4) is 0 Å². The highest BCUT2D eigenvalue weighted by Crippen LogP contribution is 2.41. The maximum atomic E-state index is 12.0. The molecule has 93 valence electrons. The molecule has 0 N–H and O–H groups in total. The molecule has 5 heteroatoms. The average molecular weight is 340 g/mol. The lowest BCUT2D eigenvalue weighted by Crippen LogP contribution is -2.48. The molecule has 0 aromatic carbocycles. The quantitative estimate of drug-likeness (QED) is 0.450. The fourth-order valence-corrected chi connectivity index (χ4v) is 2.62. The molecule has 1 saturated heterocycles. The minimum absolute atomic E-state index is 0.210. The van der Waals surface area contributed by atoms with Gasteiger partial charge < -0.3 is 4.74 Å². The molecule has 1 aliphatic rings. The highest BCUT2D eigenvalue weighted by atomic mass is 127.